The first-order valence-electron chi connectivity index (χ1n) is 8.02. The Morgan fingerprint density at radius 3 is 2.48 bits per heavy atom. The van der Waals surface area contributed by atoms with Crippen LogP contribution in [0, 0.1) is 11.8 Å². The molecule has 118 valence electrons. The lowest BCUT2D eigenvalue weighted by molar-refractivity contribution is -0.132. The molecule has 1 aliphatic rings. The molecule has 3 unspecified atom stereocenters. The van der Waals surface area contributed by atoms with Crippen molar-refractivity contribution in [2.24, 2.45) is 11.8 Å². The van der Waals surface area contributed by atoms with E-state index in [-0.39, 0.29) is 24.2 Å². The highest BCUT2D eigenvalue weighted by molar-refractivity contribution is 7.07. The molecule has 3 atom stereocenters. The number of hydrogen-bond donors (Lipinski definition) is 1. The standard InChI is InChI=1S/C17H28N2OS/c1-11(2)6-7-13(5)19-16(14-8-9-21-10-14)18-15(12(3)4)17(19)20/h8-13,15-16,18H,6-7H2,1-5H3. The molecule has 1 aromatic heterocycles. The van der Waals surface area contributed by atoms with E-state index in [4.69, 9.17) is 0 Å². The van der Waals surface area contributed by atoms with Crippen LogP contribution in [-0.2, 0) is 4.79 Å². The third-order valence-corrected chi connectivity index (χ3v) is 5.00. The molecule has 1 aromatic rings. The van der Waals surface area contributed by atoms with Gasteiger partial charge in [0.2, 0.25) is 5.91 Å². The minimum Gasteiger partial charge on any atom is -0.319 e. The van der Waals surface area contributed by atoms with Crippen LogP contribution in [0.25, 0.3) is 0 Å². The maximum absolute atomic E-state index is 12.8. The van der Waals surface area contributed by atoms with E-state index in [1.807, 2.05) is 0 Å². The summed E-state index contributed by atoms with van der Waals surface area (Å²) in [5.41, 5.74) is 1.22. The number of nitrogens with one attached hydrogen (secondary N) is 1. The number of carbonyl (C=O) groups excluding carboxylic acids is 1. The Labute approximate surface area is 132 Å². The topological polar surface area (TPSA) is 32.3 Å². The molecule has 2 rings (SSSR count). The summed E-state index contributed by atoms with van der Waals surface area (Å²) in [7, 11) is 0. The van der Waals surface area contributed by atoms with Crippen LogP contribution in [0.3, 0.4) is 0 Å². The summed E-state index contributed by atoms with van der Waals surface area (Å²) in [6, 6.07) is 2.35. The molecule has 3 nitrogen and oxygen atoms in total. The van der Waals surface area contributed by atoms with Crippen molar-refractivity contribution in [3.63, 3.8) is 0 Å². The first-order valence-corrected chi connectivity index (χ1v) is 8.96. The number of hydrogen-bond acceptors (Lipinski definition) is 3. The minimum atomic E-state index is -0.0589. The number of amides is 1. The molecule has 1 fully saturated rings. The molecule has 4 heteroatoms. The SMILES string of the molecule is CC(C)CCC(C)N1C(=O)C(C(C)C)NC1c1ccsc1. The average molecular weight is 308 g/mol. The molecule has 0 saturated carbocycles. The van der Waals surface area contributed by atoms with E-state index in [2.05, 4.69) is 61.7 Å². The fourth-order valence-corrected chi connectivity index (χ4v) is 3.64. The van der Waals surface area contributed by atoms with Crippen LogP contribution < -0.4 is 5.32 Å². The van der Waals surface area contributed by atoms with Crippen LogP contribution in [0.2, 0.25) is 0 Å². The maximum Gasteiger partial charge on any atom is 0.241 e. The van der Waals surface area contributed by atoms with Gasteiger partial charge in [0.25, 0.3) is 0 Å². The van der Waals surface area contributed by atoms with Gasteiger partial charge in [0.05, 0.1) is 6.04 Å². The Morgan fingerprint density at radius 2 is 1.95 bits per heavy atom. The van der Waals surface area contributed by atoms with Crippen LogP contribution in [0.15, 0.2) is 16.8 Å². The van der Waals surface area contributed by atoms with Crippen LogP contribution >= 0.6 is 11.3 Å². The fraction of sp³-hybridized carbons (Fsp3) is 0.706. The Kier molecular flexibility index (Phi) is 5.44. The van der Waals surface area contributed by atoms with Crippen molar-refractivity contribution in [2.45, 2.75) is 65.7 Å². The molecule has 2 heterocycles. The minimum absolute atomic E-state index is 0.0401. The summed E-state index contributed by atoms with van der Waals surface area (Å²) in [6.07, 6.45) is 2.27. The molecule has 0 bridgehead atoms. The van der Waals surface area contributed by atoms with Gasteiger partial charge in [0, 0.05) is 6.04 Å². The summed E-state index contributed by atoms with van der Waals surface area (Å²) in [6.45, 7) is 10.9. The van der Waals surface area contributed by atoms with Crippen molar-refractivity contribution in [3.8, 4) is 0 Å². The van der Waals surface area contributed by atoms with Gasteiger partial charge < -0.3 is 4.90 Å². The van der Waals surface area contributed by atoms with E-state index in [1.54, 1.807) is 11.3 Å². The van der Waals surface area contributed by atoms with Crippen molar-refractivity contribution < 1.29 is 4.79 Å². The van der Waals surface area contributed by atoms with Gasteiger partial charge in [-0.25, -0.2) is 0 Å². The second-order valence-electron chi connectivity index (χ2n) is 6.91. The Hall–Kier alpha value is -0.870. The molecular formula is C17H28N2OS. The van der Waals surface area contributed by atoms with Gasteiger partial charge in [-0.15, -0.1) is 0 Å². The van der Waals surface area contributed by atoms with Crippen LogP contribution in [0.5, 0.6) is 0 Å². The van der Waals surface area contributed by atoms with E-state index >= 15 is 0 Å². The number of rotatable bonds is 6. The molecule has 1 amide bonds. The maximum atomic E-state index is 12.8. The lowest BCUT2D eigenvalue weighted by atomic mass is 10.0. The smallest absolute Gasteiger partial charge is 0.241 e. The lowest BCUT2D eigenvalue weighted by Crippen LogP contribution is -2.39. The monoisotopic (exact) mass is 308 g/mol. The van der Waals surface area contributed by atoms with Gasteiger partial charge in [0.15, 0.2) is 0 Å². The largest absolute Gasteiger partial charge is 0.319 e. The van der Waals surface area contributed by atoms with Gasteiger partial charge >= 0.3 is 0 Å². The zero-order valence-electron chi connectivity index (χ0n) is 13.8. The van der Waals surface area contributed by atoms with E-state index in [9.17, 15) is 4.79 Å². The first kappa shape index (κ1) is 16.5. The predicted octanol–water partition coefficient (Wildman–Crippen LogP) is 4.03. The summed E-state index contributed by atoms with van der Waals surface area (Å²) < 4.78 is 0. The van der Waals surface area contributed by atoms with E-state index < -0.39 is 0 Å². The van der Waals surface area contributed by atoms with Gasteiger partial charge in [-0.1, -0.05) is 27.7 Å². The summed E-state index contributed by atoms with van der Waals surface area (Å²) in [5, 5.41) is 7.78. The van der Waals surface area contributed by atoms with Crippen LogP contribution in [0.1, 0.15) is 59.2 Å². The second-order valence-corrected chi connectivity index (χ2v) is 7.69. The lowest BCUT2D eigenvalue weighted by Gasteiger charge is -2.30. The Morgan fingerprint density at radius 1 is 1.24 bits per heavy atom. The zero-order valence-corrected chi connectivity index (χ0v) is 14.6. The first-order chi connectivity index (χ1) is 9.91. The molecule has 1 aliphatic heterocycles. The van der Waals surface area contributed by atoms with Gasteiger partial charge in [-0.3, -0.25) is 10.1 Å². The Balaban J connectivity index is 2.18. The van der Waals surface area contributed by atoms with E-state index in [1.165, 1.54) is 5.56 Å². The summed E-state index contributed by atoms with van der Waals surface area (Å²) in [4.78, 5) is 14.9. The molecule has 1 N–H and O–H groups in total. The third-order valence-electron chi connectivity index (χ3n) is 4.30. The zero-order chi connectivity index (χ0) is 15.6. The van der Waals surface area contributed by atoms with Crippen molar-refractivity contribution in [2.75, 3.05) is 0 Å². The van der Waals surface area contributed by atoms with Gasteiger partial charge in [-0.05, 0) is 54.0 Å². The number of nitrogens with zero attached hydrogens (tertiary/aromatic N) is 1. The summed E-state index contributed by atoms with van der Waals surface area (Å²) in [5.74, 6) is 1.26. The van der Waals surface area contributed by atoms with E-state index in [0.29, 0.717) is 11.8 Å². The molecule has 0 aliphatic carbocycles. The normalized spacial score (nSPS) is 24.3. The molecule has 0 aromatic carbocycles. The average Bonchev–Trinajstić information content (AvgIpc) is 3.02. The number of carbonyl (C=O) groups is 1. The van der Waals surface area contributed by atoms with Crippen molar-refractivity contribution in [1.82, 2.24) is 10.2 Å². The predicted molar refractivity (Wildman–Crippen MR) is 89.2 cm³/mol. The Bertz CT molecular complexity index is 455. The molecular weight excluding hydrogens is 280 g/mol. The highest BCUT2D eigenvalue weighted by Gasteiger charge is 2.43. The van der Waals surface area contributed by atoms with E-state index in [0.717, 1.165) is 12.8 Å². The van der Waals surface area contributed by atoms with Crippen LogP contribution in [0.4, 0.5) is 0 Å². The third kappa shape index (κ3) is 3.67. The van der Waals surface area contributed by atoms with Crippen molar-refractivity contribution in [3.05, 3.63) is 22.4 Å². The molecule has 0 radical (unpaired) electrons. The molecule has 21 heavy (non-hydrogen) atoms. The highest BCUT2D eigenvalue weighted by Crippen LogP contribution is 2.32. The van der Waals surface area contributed by atoms with Crippen molar-refractivity contribution >= 4 is 17.2 Å². The molecule has 0 spiro atoms. The molecule has 1 saturated heterocycles. The summed E-state index contributed by atoms with van der Waals surface area (Å²) >= 11 is 1.69. The van der Waals surface area contributed by atoms with Gasteiger partial charge in [-0.2, -0.15) is 11.3 Å². The van der Waals surface area contributed by atoms with Crippen LogP contribution in [-0.4, -0.2) is 22.9 Å². The second kappa shape index (κ2) is 6.93. The number of thiophene rings is 1. The highest BCUT2D eigenvalue weighted by atomic mass is 32.1. The fourth-order valence-electron chi connectivity index (χ4n) is 2.96. The quantitative estimate of drug-likeness (QED) is 0.860. The van der Waals surface area contributed by atoms with Gasteiger partial charge in [0.1, 0.15) is 6.17 Å². The van der Waals surface area contributed by atoms with Crippen molar-refractivity contribution in [1.29, 1.82) is 0 Å².